The molecule has 0 fully saturated rings. The summed E-state index contributed by atoms with van der Waals surface area (Å²) in [6.07, 6.45) is 1.63. The molecule has 0 bridgehead atoms. The third kappa shape index (κ3) is 3.05. The highest BCUT2D eigenvalue weighted by atomic mass is 35.5. The van der Waals surface area contributed by atoms with Gasteiger partial charge in [-0.25, -0.2) is 0 Å². The Bertz CT molecular complexity index is 559. The second-order valence-electron chi connectivity index (χ2n) is 5.43. The van der Waals surface area contributed by atoms with Crippen LogP contribution in [0.2, 0.25) is 5.02 Å². The summed E-state index contributed by atoms with van der Waals surface area (Å²) in [4.78, 5) is 0. The molecule has 20 heavy (non-hydrogen) atoms. The Morgan fingerprint density at radius 2 is 1.80 bits per heavy atom. The average Bonchev–Trinajstić information content (AvgIpc) is 2.48. The van der Waals surface area contributed by atoms with Crippen molar-refractivity contribution in [2.75, 3.05) is 6.61 Å². The first-order valence-electron chi connectivity index (χ1n) is 7.03. The highest BCUT2D eigenvalue weighted by Crippen LogP contribution is 2.34. The number of benzene rings is 2. The van der Waals surface area contributed by atoms with Crippen LogP contribution >= 0.6 is 11.6 Å². The van der Waals surface area contributed by atoms with Crippen molar-refractivity contribution in [3.05, 3.63) is 70.2 Å². The largest absolute Gasteiger partial charge is 0.395 e. The van der Waals surface area contributed by atoms with Crippen LogP contribution in [0.5, 0.6) is 0 Å². The van der Waals surface area contributed by atoms with Gasteiger partial charge in [-0.15, -0.1) is 0 Å². The highest BCUT2D eigenvalue weighted by molar-refractivity contribution is 6.31. The minimum absolute atomic E-state index is 0.123. The van der Waals surface area contributed by atoms with Crippen molar-refractivity contribution in [1.82, 2.24) is 0 Å². The molecule has 0 aromatic heterocycles. The summed E-state index contributed by atoms with van der Waals surface area (Å²) < 4.78 is 0. The highest BCUT2D eigenvalue weighted by Gasteiger charge is 2.30. The van der Waals surface area contributed by atoms with Gasteiger partial charge < -0.3 is 5.11 Å². The summed E-state index contributed by atoms with van der Waals surface area (Å²) in [5.41, 5.74) is 3.16. The predicted octanol–water partition coefficient (Wildman–Crippen LogP) is 4.53. The molecule has 2 aromatic carbocycles. The maximum absolute atomic E-state index is 9.99. The number of hydrogen-bond acceptors (Lipinski definition) is 1. The number of halogens is 1. The molecule has 0 saturated heterocycles. The fourth-order valence-corrected chi connectivity index (χ4v) is 2.94. The van der Waals surface area contributed by atoms with E-state index in [4.69, 9.17) is 11.6 Å². The maximum Gasteiger partial charge on any atom is 0.0531 e. The van der Waals surface area contributed by atoms with Gasteiger partial charge in [0.2, 0.25) is 0 Å². The van der Waals surface area contributed by atoms with Crippen LogP contribution in [0.25, 0.3) is 0 Å². The van der Waals surface area contributed by atoms with Crippen molar-refractivity contribution in [2.45, 2.75) is 32.1 Å². The van der Waals surface area contributed by atoms with E-state index in [2.05, 4.69) is 31.2 Å². The molecule has 0 saturated carbocycles. The van der Waals surface area contributed by atoms with Gasteiger partial charge in [0.25, 0.3) is 0 Å². The number of aliphatic hydroxyl groups is 1. The lowest BCUT2D eigenvalue weighted by Crippen LogP contribution is -2.32. The van der Waals surface area contributed by atoms with Gasteiger partial charge in [-0.1, -0.05) is 61.0 Å². The molecule has 0 amide bonds. The third-order valence-corrected chi connectivity index (χ3v) is 4.45. The zero-order valence-electron chi connectivity index (χ0n) is 12.1. The van der Waals surface area contributed by atoms with Crippen molar-refractivity contribution in [3.8, 4) is 0 Å². The molecule has 1 N–H and O–H groups in total. The van der Waals surface area contributed by atoms with Gasteiger partial charge in [-0.05, 0) is 42.5 Å². The second-order valence-corrected chi connectivity index (χ2v) is 5.84. The average molecular weight is 289 g/mol. The predicted molar refractivity (Wildman–Crippen MR) is 85.4 cm³/mol. The Hall–Kier alpha value is -1.31. The van der Waals surface area contributed by atoms with E-state index < -0.39 is 0 Å². The number of rotatable bonds is 5. The summed E-state index contributed by atoms with van der Waals surface area (Å²) in [5, 5.41) is 10.8. The quantitative estimate of drug-likeness (QED) is 0.857. The lowest BCUT2D eigenvalue weighted by atomic mass is 9.74. The van der Waals surface area contributed by atoms with E-state index in [1.807, 2.05) is 31.2 Å². The zero-order valence-corrected chi connectivity index (χ0v) is 12.8. The Morgan fingerprint density at radius 3 is 2.35 bits per heavy atom. The van der Waals surface area contributed by atoms with E-state index in [1.165, 1.54) is 5.56 Å². The minimum atomic E-state index is -0.264. The fourth-order valence-electron chi connectivity index (χ4n) is 2.64. The van der Waals surface area contributed by atoms with E-state index >= 15 is 0 Å². The normalized spacial score (nSPS) is 14.0. The van der Waals surface area contributed by atoms with E-state index in [9.17, 15) is 5.11 Å². The molecule has 0 aliphatic heterocycles. The first kappa shape index (κ1) is 15.1. The Kier molecular flexibility index (Phi) is 4.85. The number of aliphatic hydroxyl groups excluding tert-OH is 1. The van der Waals surface area contributed by atoms with Gasteiger partial charge in [0, 0.05) is 10.4 Å². The molecule has 2 aromatic rings. The van der Waals surface area contributed by atoms with Crippen LogP contribution in [0.1, 0.15) is 30.0 Å². The monoisotopic (exact) mass is 288 g/mol. The molecule has 106 valence electrons. The molecule has 0 spiro atoms. The molecular weight excluding hydrogens is 268 g/mol. The van der Waals surface area contributed by atoms with Crippen LogP contribution in [0.4, 0.5) is 0 Å². The van der Waals surface area contributed by atoms with Gasteiger partial charge in [0.15, 0.2) is 0 Å². The fraction of sp³-hybridized carbons (Fsp3) is 0.333. The second kappa shape index (κ2) is 6.43. The van der Waals surface area contributed by atoms with E-state index in [-0.39, 0.29) is 12.0 Å². The van der Waals surface area contributed by atoms with Gasteiger partial charge in [0.05, 0.1) is 6.61 Å². The molecule has 0 radical (unpaired) electrons. The van der Waals surface area contributed by atoms with Crippen LogP contribution in [0.15, 0.2) is 48.5 Å². The Balaban J connectivity index is 2.39. The molecule has 1 nitrogen and oxygen atoms in total. The first-order chi connectivity index (χ1) is 9.61. The smallest absolute Gasteiger partial charge is 0.0531 e. The van der Waals surface area contributed by atoms with Gasteiger partial charge in [-0.3, -0.25) is 0 Å². The summed E-state index contributed by atoms with van der Waals surface area (Å²) in [5.74, 6) is 0. The summed E-state index contributed by atoms with van der Waals surface area (Å²) in [6.45, 7) is 4.27. The Labute approximate surface area is 126 Å². The molecule has 2 rings (SSSR count). The standard InChI is InChI=1S/C18H21ClO/c1-3-18(13-20,16-7-5-4-6-8-16)12-15-10-9-14(2)11-17(15)19/h4-11,20H,3,12-13H2,1-2H3. The van der Waals surface area contributed by atoms with Crippen molar-refractivity contribution in [1.29, 1.82) is 0 Å². The van der Waals surface area contributed by atoms with Crippen molar-refractivity contribution >= 4 is 11.6 Å². The van der Waals surface area contributed by atoms with Crippen LogP contribution < -0.4 is 0 Å². The van der Waals surface area contributed by atoms with Crippen LogP contribution in [0.3, 0.4) is 0 Å². The van der Waals surface area contributed by atoms with E-state index in [0.29, 0.717) is 0 Å². The molecular formula is C18H21ClO. The molecule has 1 unspecified atom stereocenters. The minimum Gasteiger partial charge on any atom is -0.395 e. The van der Waals surface area contributed by atoms with Gasteiger partial charge >= 0.3 is 0 Å². The SMILES string of the molecule is CCC(CO)(Cc1ccc(C)cc1Cl)c1ccccc1. The maximum atomic E-state index is 9.99. The summed E-state index contributed by atoms with van der Waals surface area (Å²) >= 11 is 6.36. The van der Waals surface area contributed by atoms with Crippen molar-refractivity contribution < 1.29 is 5.11 Å². The van der Waals surface area contributed by atoms with Crippen molar-refractivity contribution in [3.63, 3.8) is 0 Å². The lowest BCUT2D eigenvalue weighted by molar-refractivity contribution is 0.186. The summed E-state index contributed by atoms with van der Waals surface area (Å²) in [6, 6.07) is 16.3. The van der Waals surface area contributed by atoms with Crippen molar-refractivity contribution in [2.24, 2.45) is 0 Å². The topological polar surface area (TPSA) is 20.2 Å². The van der Waals surface area contributed by atoms with E-state index in [0.717, 1.165) is 29.0 Å². The number of aryl methyl sites for hydroxylation is 1. The first-order valence-corrected chi connectivity index (χ1v) is 7.40. The molecule has 0 aliphatic rings. The molecule has 0 aliphatic carbocycles. The lowest BCUT2D eigenvalue weighted by Gasteiger charge is -2.32. The van der Waals surface area contributed by atoms with Gasteiger partial charge in [-0.2, -0.15) is 0 Å². The van der Waals surface area contributed by atoms with Crippen LogP contribution in [-0.4, -0.2) is 11.7 Å². The van der Waals surface area contributed by atoms with Crippen LogP contribution in [-0.2, 0) is 11.8 Å². The molecule has 0 heterocycles. The zero-order chi connectivity index (χ0) is 14.6. The molecule has 1 atom stereocenters. The van der Waals surface area contributed by atoms with Crippen LogP contribution in [0, 0.1) is 6.92 Å². The molecule has 2 heteroatoms. The van der Waals surface area contributed by atoms with Gasteiger partial charge in [0.1, 0.15) is 0 Å². The summed E-state index contributed by atoms with van der Waals surface area (Å²) in [7, 11) is 0. The number of hydrogen-bond donors (Lipinski definition) is 1. The third-order valence-electron chi connectivity index (χ3n) is 4.10. The van der Waals surface area contributed by atoms with E-state index in [1.54, 1.807) is 0 Å². The Morgan fingerprint density at radius 1 is 1.10 bits per heavy atom.